The molecule has 0 N–H and O–H groups in total. The summed E-state index contributed by atoms with van der Waals surface area (Å²) in [5.74, 6) is 1.47. The third-order valence-electron chi connectivity index (χ3n) is 5.92. The van der Waals surface area contributed by atoms with E-state index in [1.165, 1.54) is 32.1 Å². The third kappa shape index (κ3) is 3.46. The maximum atomic E-state index is 13.0. The fourth-order valence-corrected chi connectivity index (χ4v) is 5.71. The van der Waals surface area contributed by atoms with Gasteiger partial charge < -0.3 is 4.74 Å². The van der Waals surface area contributed by atoms with Crippen LogP contribution in [0.3, 0.4) is 0 Å². The average molecular weight is 384 g/mol. The molecule has 1 saturated heterocycles. The highest BCUT2D eigenvalue weighted by Gasteiger charge is 2.40. The largest absolute Gasteiger partial charge is 0.496 e. The number of para-hydroxylation sites is 1. The minimum Gasteiger partial charge on any atom is -0.496 e. The van der Waals surface area contributed by atoms with E-state index in [0.29, 0.717) is 24.7 Å². The molecule has 27 heavy (non-hydrogen) atoms. The zero-order valence-corrected chi connectivity index (χ0v) is 16.5. The summed E-state index contributed by atoms with van der Waals surface area (Å²) in [6.45, 7) is 0.621. The zero-order chi connectivity index (χ0) is 18.8. The van der Waals surface area contributed by atoms with Crippen LogP contribution in [0.2, 0.25) is 0 Å². The fraction of sp³-hybridized carbons (Fsp3) is 0.524. The number of nitrogens with zero attached hydrogens (tertiary/aromatic N) is 3. The lowest BCUT2D eigenvalue weighted by Gasteiger charge is -2.44. The predicted molar refractivity (Wildman–Crippen MR) is 106 cm³/mol. The lowest BCUT2D eigenvalue weighted by molar-refractivity contribution is -0.132. The number of allylic oxidation sites excluding steroid dienone is 1. The molecule has 2 heterocycles. The number of benzene rings is 1. The first-order valence-corrected chi connectivity index (χ1v) is 10.7. The highest BCUT2D eigenvalue weighted by atomic mass is 32.2. The first-order valence-electron chi connectivity index (χ1n) is 9.67. The lowest BCUT2D eigenvalue weighted by atomic mass is 9.86. The monoisotopic (exact) mass is 383 g/mol. The minimum atomic E-state index is -0.223. The number of hydrogen-bond donors (Lipinski definition) is 0. The van der Waals surface area contributed by atoms with E-state index in [9.17, 15) is 10.1 Å². The Hall–Kier alpha value is -1.97. The number of hydrogen-bond acceptors (Lipinski definition) is 5. The number of carbonyl (C=O) groups is 1. The van der Waals surface area contributed by atoms with E-state index in [1.807, 2.05) is 29.2 Å². The molecule has 0 radical (unpaired) electrons. The second kappa shape index (κ2) is 7.95. The minimum absolute atomic E-state index is 0.105. The average Bonchev–Trinajstić information content (AvgIpc) is 2.74. The first-order chi connectivity index (χ1) is 13.2. The number of thioether (sulfide) groups is 1. The van der Waals surface area contributed by atoms with Gasteiger partial charge in [0.1, 0.15) is 5.75 Å². The number of nitriles is 1. The summed E-state index contributed by atoms with van der Waals surface area (Å²) in [6.07, 6.45) is 6.65. The molecular formula is C21H25N3O2S. The van der Waals surface area contributed by atoms with Crippen molar-refractivity contribution in [3.05, 3.63) is 40.4 Å². The van der Waals surface area contributed by atoms with Crippen LogP contribution in [0.1, 0.15) is 50.0 Å². The molecule has 1 aromatic carbocycles. The van der Waals surface area contributed by atoms with Gasteiger partial charge in [-0.3, -0.25) is 14.6 Å². The van der Waals surface area contributed by atoms with Crippen LogP contribution in [0.15, 0.2) is 34.9 Å². The van der Waals surface area contributed by atoms with Gasteiger partial charge in [-0.05, 0) is 18.9 Å². The Labute approximate surface area is 165 Å². The van der Waals surface area contributed by atoms with Gasteiger partial charge in [0.05, 0.1) is 36.3 Å². The van der Waals surface area contributed by atoms with Crippen LogP contribution in [0.5, 0.6) is 5.75 Å². The topological polar surface area (TPSA) is 56.6 Å². The summed E-state index contributed by atoms with van der Waals surface area (Å²) < 4.78 is 5.49. The second-order valence-electron chi connectivity index (χ2n) is 7.45. The van der Waals surface area contributed by atoms with Gasteiger partial charge in [-0.25, -0.2) is 0 Å². The van der Waals surface area contributed by atoms with Crippen LogP contribution in [-0.2, 0) is 4.79 Å². The Morgan fingerprint density at radius 3 is 2.74 bits per heavy atom. The number of fused-ring (bicyclic) bond motifs is 1. The summed E-state index contributed by atoms with van der Waals surface area (Å²) in [6, 6.07) is 10.7. The molecule has 6 heteroatoms. The first kappa shape index (κ1) is 18.4. The third-order valence-corrected chi connectivity index (χ3v) is 7.09. The standard InChI is InChI=1S/C21H25N3O2S/c1-26-19-10-6-5-9-16(19)17-11-20(25)24-13-23(15-7-3-2-4-8-15)14-27-21(24)18(17)12-22/h5-6,9-10,15,17H,2-4,7-8,11,13-14H2,1H3/t17-/m1/s1. The molecule has 1 aliphatic carbocycles. The van der Waals surface area contributed by atoms with Gasteiger partial charge >= 0.3 is 0 Å². The van der Waals surface area contributed by atoms with Crippen LogP contribution >= 0.6 is 11.8 Å². The molecule has 5 nitrogen and oxygen atoms in total. The Balaban J connectivity index is 1.64. The van der Waals surface area contributed by atoms with E-state index < -0.39 is 0 Å². The van der Waals surface area contributed by atoms with Crippen molar-refractivity contribution in [3.8, 4) is 11.8 Å². The fourth-order valence-electron chi connectivity index (χ4n) is 4.47. The molecule has 0 bridgehead atoms. The van der Waals surface area contributed by atoms with E-state index in [-0.39, 0.29) is 11.8 Å². The van der Waals surface area contributed by atoms with Crippen molar-refractivity contribution in [3.63, 3.8) is 0 Å². The molecule has 142 valence electrons. The lowest BCUT2D eigenvalue weighted by Crippen LogP contribution is -2.51. The Bertz CT molecular complexity index is 795. The highest BCUT2D eigenvalue weighted by Crippen LogP contribution is 2.45. The van der Waals surface area contributed by atoms with Crippen molar-refractivity contribution in [1.82, 2.24) is 9.80 Å². The van der Waals surface area contributed by atoms with Gasteiger partial charge in [0.2, 0.25) is 5.91 Å². The molecule has 3 aliphatic rings. The number of carbonyl (C=O) groups excluding carboxylic acids is 1. The van der Waals surface area contributed by atoms with E-state index in [1.54, 1.807) is 18.9 Å². The normalized spacial score (nSPS) is 24.5. The Morgan fingerprint density at radius 2 is 2.00 bits per heavy atom. The molecule has 0 aromatic heterocycles. The summed E-state index contributed by atoms with van der Waals surface area (Å²) in [4.78, 5) is 17.3. The van der Waals surface area contributed by atoms with Gasteiger partial charge in [0.25, 0.3) is 0 Å². The van der Waals surface area contributed by atoms with Gasteiger partial charge in [-0.1, -0.05) is 49.2 Å². The van der Waals surface area contributed by atoms with E-state index >= 15 is 0 Å². The van der Waals surface area contributed by atoms with Crippen molar-refractivity contribution in [2.45, 2.75) is 50.5 Å². The van der Waals surface area contributed by atoms with Crippen LogP contribution < -0.4 is 4.74 Å². The summed E-state index contributed by atoms with van der Waals surface area (Å²) in [7, 11) is 1.63. The number of methoxy groups -OCH3 is 1. The zero-order valence-electron chi connectivity index (χ0n) is 15.7. The molecule has 4 rings (SSSR count). The molecule has 2 aliphatic heterocycles. The van der Waals surface area contributed by atoms with Gasteiger partial charge in [0, 0.05) is 23.9 Å². The molecule has 1 atom stereocenters. The number of amides is 1. The smallest absolute Gasteiger partial charge is 0.229 e. The summed E-state index contributed by atoms with van der Waals surface area (Å²) >= 11 is 1.64. The second-order valence-corrected chi connectivity index (χ2v) is 8.38. The van der Waals surface area contributed by atoms with Crippen molar-refractivity contribution in [2.24, 2.45) is 0 Å². The Kier molecular flexibility index (Phi) is 5.42. The maximum absolute atomic E-state index is 13.0. The van der Waals surface area contributed by atoms with Crippen LogP contribution in [-0.4, -0.2) is 41.4 Å². The van der Waals surface area contributed by atoms with Gasteiger partial charge in [-0.15, -0.1) is 0 Å². The van der Waals surface area contributed by atoms with Crippen molar-refractivity contribution < 1.29 is 9.53 Å². The van der Waals surface area contributed by atoms with Crippen molar-refractivity contribution in [1.29, 1.82) is 5.26 Å². The molecule has 1 aromatic rings. The highest BCUT2D eigenvalue weighted by molar-refractivity contribution is 8.03. The molecule has 1 saturated carbocycles. The van der Waals surface area contributed by atoms with E-state index in [2.05, 4.69) is 11.0 Å². The number of rotatable bonds is 3. The maximum Gasteiger partial charge on any atom is 0.229 e. The predicted octanol–water partition coefficient (Wildman–Crippen LogP) is 4.04. The number of ether oxygens (including phenoxy) is 1. The summed E-state index contributed by atoms with van der Waals surface area (Å²) in [5.41, 5.74) is 1.62. The molecule has 0 spiro atoms. The van der Waals surface area contributed by atoms with Crippen LogP contribution in [0.25, 0.3) is 0 Å². The molecule has 0 unspecified atom stereocenters. The van der Waals surface area contributed by atoms with Crippen molar-refractivity contribution >= 4 is 17.7 Å². The Morgan fingerprint density at radius 1 is 1.22 bits per heavy atom. The van der Waals surface area contributed by atoms with Crippen LogP contribution in [0.4, 0.5) is 0 Å². The summed E-state index contributed by atoms with van der Waals surface area (Å²) in [5, 5.41) is 10.8. The SMILES string of the molecule is COc1ccccc1[C@H]1CC(=O)N2CN(C3CCCCC3)CSC2=C1C#N. The molecular weight excluding hydrogens is 358 g/mol. The van der Waals surface area contributed by atoms with Crippen molar-refractivity contribution in [2.75, 3.05) is 19.7 Å². The van der Waals surface area contributed by atoms with E-state index in [0.717, 1.165) is 22.2 Å². The molecule has 1 amide bonds. The molecule has 2 fully saturated rings. The van der Waals surface area contributed by atoms with E-state index in [4.69, 9.17) is 4.74 Å². The van der Waals surface area contributed by atoms with Gasteiger partial charge in [-0.2, -0.15) is 5.26 Å². The van der Waals surface area contributed by atoms with Crippen LogP contribution in [0, 0.1) is 11.3 Å². The van der Waals surface area contributed by atoms with Gasteiger partial charge in [0.15, 0.2) is 0 Å². The quantitative estimate of drug-likeness (QED) is 0.788.